The SMILES string of the molecule is O=C(O)c1ccc(OCC2CCC2)c(C(F)(F)F)c1. The number of hydrogen-bond donors (Lipinski definition) is 1. The van der Waals surface area contributed by atoms with Gasteiger partial charge in [0.15, 0.2) is 0 Å². The van der Waals surface area contributed by atoms with E-state index >= 15 is 0 Å². The molecule has 0 aliphatic heterocycles. The van der Waals surface area contributed by atoms with Crippen LogP contribution in [0.15, 0.2) is 18.2 Å². The number of halogens is 3. The third-order valence-electron chi connectivity index (χ3n) is 3.23. The Morgan fingerprint density at radius 1 is 1.37 bits per heavy atom. The van der Waals surface area contributed by atoms with Crippen LogP contribution in [0.25, 0.3) is 0 Å². The van der Waals surface area contributed by atoms with Crippen molar-refractivity contribution >= 4 is 5.97 Å². The number of carbonyl (C=O) groups is 1. The Morgan fingerprint density at radius 3 is 2.53 bits per heavy atom. The minimum atomic E-state index is -4.62. The molecule has 1 fully saturated rings. The van der Waals surface area contributed by atoms with Gasteiger partial charge in [-0.2, -0.15) is 13.2 Å². The van der Waals surface area contributed by atoms with Crippen LogP contribution in [0.1, 0.15) is 35.2 Å². The molecule has 3 nitrogen and oxygen atoms in total. The minimum absolute atomic E-state index is 0.246. The predicted molar refractivity (Wildman–Crippen MR) is 61.2 cm³/mol. The fourth-order valence-electron chi connectivity index (χ4n) is 1.88. The lowest BCUT2D eigenvalue weighted by Crippen LogP contribution is -2.20. The molecule has 104 valence electrons. The smallest absolute Gasteiger partial charge is 0.419 e. The first-order valence-electron chi connectivity index (χ1n) is 5.95. The molecule has 2 rings (SSSR count). The molecular weight excluding hydrogens is 261 g/mol. The summed E-state index contributed by atoms with van der Waals surface area (Å²) in [6.45, 7) is 0.246. The number of hydrogen-bond acceptors (Lipinski definition) is 2. The van der Waals surface area contributed by atoms with Gasteiger partial charge in [0, 0.05) is 0 Å². The first kappa shape index (κ1) is 13.7. The van der Waals surface area contributed by atoms with Crippen molar-refractivity contribution in [3.05, 3.63) is 29.3 Å². The van der Waals surface area contributed by atoms with E-state index in [1.54, 1.807) is 0 Å². The molecule has 0 aromatic heterocycles. The number of aromatic carboxylic acids is 1. The van der Waals surface area contributed by atoms with Gasteiger partial charge in [-0.3, -0.25) is 0 Å². The Labute approximate surface area is 108 Å². The van der Waals surface area contributed by atoms with Gasteiger partial charge in [-0.25, -0.2) is 4.79 Å². The number of rotatable bonds is 4. The zero-order chi connectivity index (χ0) is 14.0. The molecule has 0 saturated heterocycles. The lowest BCUT2D eigenvalue weighted by molar-refractivity contribution is -0.139. The van der Waals surface area contributed by atoms with Crippen LogP contribution in [0.3, 0.4) is 0 Å². The van der Waals surface area contributed by atoms with Crippen LogP contribution < -0.4 is 4.74 Å². The second-order valence-electron chi connectivity index (χ2n) is 4.62. The average molecular weight is 274 g/mol. The van der Waals surface area contributed by atoms with E-state index in [4.69, 9.17) is 9.84 Å². The Bertz CT molecular complexity index is 479. The van der Waals surface area contributed by atoms with Crippen molar-refractivity contribution in [3.8, 4) is 5.75 Å². The fraction of sp³-hybridized carbons (Fsp3) is 0.462. The maximum Gasteiger partial charge on any atom is 0.419 e. The van der Waals surface area contributed by atoms with Crippen molar-refractivity contribution in [3.63, 3.8) is 0 Å². The van der Waals surface area contributed by atoms with E-state index < -0.39 is 23.3 Å². The van der Waals surface area contributed by atoms with Crippen LogP contribution in [0.2, 0.25) is 0 Å². The zero-order valence-electron chi connectivity index (χ0n) is 10.0. The molecule has 1 aromatic carbocycles. The van der Waals surface area contributed by atoms with Crippen LogP contribution in [-0.4, -0.2) is 17.7 Å². The molecule has 0 atom stereocenters. The second kappa shape index (κ2) is 5.11. The number of alkyl halides is 3. The highest BCUT2D eigenvalue weighted by molar-refractivity contribution is 5.88. The van der Waals surface area contributed by atoms with Crippen molar-refractivity contribution < 1.29 is 27.8 Å². The van der Waals surface area contributed by atoms with Crippen molar-refractivity contribution in [1.82, 2.24) is 0 Å². The summed E-state index contributed by atoms with van der Waals surface area (Å²) in [5.41, 5.74) is -1.44. The molecule has 1 N–H and O–H groups in total. The maximum atomic E-state index is 12.8. The summed E-state index contributed by atoms with van der Waals surface area (Å²) in [5, 5.41) is 8.72. The first-order chi connectivity index (χ1) is 8.88. The molecule has 0 radical (unpaired) electrons. The summed E-state index contributed by atoms with van der Waals surface area (Å²) < 4.78 is 43.7. The normalized spacial score (nSPS) is 15.9. The van der Waals surface area contributed by atoms with Gasteiger partial charge in [-0.15, -0.1) is 0 Å². The first-order valence-corrected chi connectivity index (χ1v) is 5.95. The largest absolute Gasteiger partial charge is 0.493 e. The summed E-state index contributed by atoms with van der Waals surface area (Å²) in [6.07, 6.45) is -1.61. The summed E-state index contributed by atoms with van der Waals surface area (Å²) in [7, 11) is 0. The highest BCUT2D eigenvalue weighted by Crippen LogP contribution is 2.37. The van der Waals surface area contributed by atoms with E-state index in [-0.39, 0.29) is 12.4 Å². The second-order valence-corrected chi connectivity index (χ2v) is 4.62. The Morgan fingerprint density at radius 2 is 2.05 bits per heavy atom. The van der Waals surface area contributed by atoms with Crippen molar-refractivity contribution in [2.75, 3.05) is 6.61 Å². The molecule has 1 aliphatic carbocycles. The van der Waals surface area contributed by atoms with Crippen molar-refractivity contribution in [2.24, 2.45) is 5.92 Å². The number of carboxylic acid groups (broad SMARTS) is 1. The molecule has 0 bridgehead atoms. The van der Waals surface area contributed by atoms with Gasteiger partial charge in [0.1, 0.15) is 5.75 Å². The molecule has 0 spiro atoms. The van der Waals surface area contributed by atoms with Gasteiger partial charge in [0.05, 0.1) is 17.7 Å². The standard InChI is InChI=1S/C13H13F3O3/c14-13(15,16)10-6-9(12(17)18)4-5-11(10)19-7-8-2-1-3-8/h4-6,8H,1-3,7H2,(H,17,18). The number of ether oxygens (including phenoxy) is 1. The van der Waals surface area contributed by atoms with Gasteiger partial charge in [-0.05, 0) is 37.0 Å². The van der Waals surface area contributed by atoms with Gasteiger partial charge in [-0.1, -0.05) is 6.42 Å². The van der Waals surface area contributed by atoms with E-state index in [0.29, 0.717) is 12.0 Å². The van der Waals surface area contributed by atoms with Crippen LogP contribution >= 0.6 is 0 Å². The summed E-state index contributed by atoms with van der Waals surface area (Å²) in [5.74, 6) is -1.39. The molecule has 0 amide bonds. The molecule has 6 heteroatoms. The zero-order valence-corrected chi connectivity index (χ0v) is 10.0. The predicted octanol–water partition coefficient (Wildman–Crippen LogP) is 3.58. The molecule has 19 heavy (non-hydrogen) atoms. The Kier molecular flexibility index (Phi) is 3.68. The van der Waals surface area contributed by atoms with Gasteiger partial charge >= 0.3 is 12.1 Å². The third-order valence-corrected chi connectivity index (χ3v) is 3.23. The number of benzene rings is 1. The van der Waals surface area contributed by atoms with Gasteiger partial charge in [0.25, 0.3) is 0 Å². The van der Waals surface area contributed by atoms with Gasteiger partial charge in [0.2, 0.25) is 0 Å². The molecule has 1 aliphatic rings. The van der Waals surface area contributed by atoms with Crippen LogP contribution in [0.4, 0.5) is 13.2 Å². The molecule has 0 heterocycles. The number of carboxylic acids is 1. The van der Waals surface area contributed by atoms with E-state index in [2.05, 4.69) is 0 Å². The molecule has 1 aromatic rings. The van der Waals surface area contributed by atoms with Crippen molar-refractivity contribution in [2.45, 2.75) is 25.4 Å². The Balaban J connectivity index is 2.22. The van der Waals surface area contributed by atoms with Gasteiger partial charge < -0.3 is 9.84 Å². The minimum Gasteiger partial charge on any atom is -0.493 e. The summed E-state index contributed by atoms with van der Waals surface area (Å²) >= 11 is 0. The maximum absolute atomic E-state index is 12.8. The van der Waals surface area contributed by atoms with Crippen LogP contribution in [0, 0.1) is 5.92 Å². The monoisotopic (exact) mass is 274 g/mol. The van der Waals surface area contributed by atoms with Crippen molar-refractivity contribution in [1.29, 1.82) is 0 Å². The van der Waals surface area contributed by atoms with Crippen LogP contribution in [0.5, 0.6) is 5.75 Å². The Hall–Kier alpha value is -1.72. The van der Waals surface area contributed by atoms with E-state index in [0.717, 1.165) is 31.4 Å². The van der Waals surface area contributed by atoms with Crippen LogP contribution in [-0.2, 0) is 6.18 Å². The topological polar surface area (TPSA) is 46.5 Å². The quantitative estimate of drug-likeness (QED) is 0.912. The summed E-state index contributed by atoms with van der Waals surface area (Å²) in [6, 6.07) is 2.80. The highest BCUT2D eigenvalue weighted by atomic mass is 19.4. The lowest BCUT2D eigenvalue weighted by Gasteiger charge is -2.26. The van der Waals surface area contributed by atoms with E-state index in [9.17, 15) is 18.0 Å². The summed E-state index contributed by atoms with van der Waals surface area (Å²) in [4.78, 5) is 10.7. The van der Waals surface area contributed by atoms with E-state index in [1.165, 1.54) is 0 Å². The third kappa shape index (κ3) is 3.19. The van der Waals surface area contributed by atoms with E-state index in [1.807, 2.05) is 0 Å². The molecule has 1 saturated carbocycles. The molecular formula is C13H13F3O3. The average Bonchev–Trinajstić information content (AvgIpc) is 2.25. The fourth-order valence-corrected chi connectivity index (χ4v) is 1.88. The highest BCUT2D eigenvalue weighted by Gasteiger charge is 2.35. The lowest BCUT2D eigenvalue weighted by atomic mass is 9.86. The molecule has 0 unspecified atom stereocenters.